The van der Waals surface area contributed by atoms with E-state index < -0.39 is 6.03 Å². The summed E-state index contributed by atoms with van der Waals surface area (Å²) in [6.07, 6.45) is 0. The molecule has 0 aliphatic carbocycles. The molecule has 0 atom stereocenters. The summed E-state index contributed by atoms with van der Waals surface area (Å²) in [5.74, 6) is 3.85. The molecule has 1 aliphatic rings. The second-order valence-corrected chi connectivity index (χ2v) is 9.45. The molecule has 1 saturated heterocycles. The Balaban J connectivity index is 1.42. The highest BCUT2D eigenvalue weighted by Gasteiger charge is 2.16. The Morgan fingerprint density at radius 3 is 2.43 bits per heavy atom. The van der Waals surface area contributed by atoms with Crippen molar-refractivity contribution >= 4 is 51.8 Å². The topological polar surface area (TPSA) is 89.1 Å². The summed E-state index contributed by atoms with van der Waals surface area (Å²) in [7, 11) is 3.16. The van der Waals surface area contributed by atoms with Crippen molar-refractivity contribution in [2.45, 2.75) is 0 Å². The number of methoxy groups -OCH3 is 2. The van der Waals surface area contributed by atoms with Gasteiger partial charge in [0.1, 0.15) is 11.5 Å². The number of carbonyl (C=O) groups is 2. The van der Waals surface area contributed by atoms with Crippen molar-refractivity contribution in [1.82, 2.24) is 10.2 Å². The number of rotatable bonds is 7. The van der Waals surface area contributed by atoms with E-state index in [2.05, 4.69) is 10.6 Å². The molecule has 0 radical (unpaired) electrons. The highest BCUT2D eigenvalue weighted by Crippen LogP contribution is 2.39. The molecule has 8 nitrogen and oxygen atoms in total. The van der Waals surface area contributed by atoms with Crippen molar-refractivity contribution in [3.8, 4) is 23.0 Å². The zero-order valence-electron chi connectivity index (χ0n) is 19.4. The van der Waals surface area contributed by atoms with Gasteiger partial charge in [-0.25, -0.2) is 4.79 Å². The van der Waals surface area contributed by atoms with Crippen molar-refractivity contribution in [2.24, 2.45) is 0 Å². The standard InChI is InChI=1S/C25H26ClN3O5S/c1-32-22-12-16-4-3-5-20(18(16)14-23(22)33-2)34-21-7-6-17(13-19(21)26)27-25(31)28-24(30)15-29-8-10-35-11-9-29/h3-7,12-14H,8-11,15H2,1-2H3,(H2,27,28,30,31). The number of hydrogen-bond acceptors (Lipinski definition) is 7. The smallest absolute Gasteiger partial charge is 0.325 e. The Morgan fingerprint density at radius 1 is 0.971 bits per heavy atom. The molecular formula is C25H26ClN3O5S. The predicted molar refractivity (Wildman–Crippen MR) is 140 cm³/mol. The molecule has 0 unspecified atom stereocenters. The molecule has 1 aliphatic heterocycles. The number of nitrogens with zero attached hydrogens (tertiary/aromatic N) is 1. The fraction of sp³-hybridized carbons (Fsp3) is 0.280. The summed E-state index contributed by atoms with van der Waals surface area (Å²) < 4.78 is 16.9. The number of halogens is 1. The third-order valence-corrected chi connectivity index (χ3v) is 6.72. The van der Waals surface area contributed by atoms with Gasteiger partial charge in [-0.15, -0.1) is 0 Å². The number of urea groups is 1. The Morgan fingerprint density at radius 2 is 1.71 bits per heavy atom. The predicted octanol–water partition coefficient (Wildman–Crippen LogP) is 5.00. The normalized spacial score (nSPS) is 13.8. The van der Waals surface area contributed by atoms with Crippen LogP contribution in [0.25, 0.3) is 10.8 Å². The highest BCUT2D eigenvalue weighted by atomic mass is 35.5. The second-order valence-electron chi connectivity index (χ2n) is 7.82. The first-order valence-electron chi connectivity index (χ1n) is 11.0. The molecule has 10 heteroatoms. The molecule has 0 spiro atoms. The van der Waals surface area contributed by atoms with Gasteiger partial charge in [-0.2, -0.15) is 11.8 Å². The number of carbonyl (C=O) groups excluding carboxylic acids is 2. The lowest BCUT2D eigenvalue weighted by molar-refractivity contribution is -0.121. The minimum absolute atomic E-state index is 0.198. The van der Waals surface area contributed by atoms with Crippen molar-refractivity contribution in [3.63, 3.8) is 0 Å². The van der Waals surface area contributed by atoms with Gasteiger partial charge in [0, 0.05) is 35.7 Å². The number of imide groups is 1. The summed E-state index contributed by atoms with van der Waals surface area (Å²) in [6.45, 7) is 1.88. The summed E-state index contributed by atoms with van der Waals surface area (Å²) in [4.78, 5) is 26.4. The zero-order valence-corrected chi connectivity index (χ0v) is 21.0. The lowest BCUT2D eigenvalue weighted by atomic mass is 10.1. The monoisotopic (exact) mass is 515 g/mol. The molecule has 2 N–H and O–H groups in total. The van der Waals surface area contributed by atoms with E-state index in [4.69, 9.17) is 25.8 Å². The molecule has 4 rings (SSSR count). The molecule has 184 valence electrons. The molecule has 3 amide bonds. The third kappa shape index (κ3) is 6.30. The number of fused-ring (bicyclic) bond motifs is 1. The van der Waals surface area contributed by atoms with E-state index in [-0.39, 0.29) is 12.5 Å². The Bertz CT molecular complexity index is 1230. The van der Waals surface area contributed by atoms with Crippen LogP contribution in [0.2, 0.25) is 5.02 Å². The van der Waals surface area contributed by atoms with Gasteiger partial charge in [0.25, 0.3) is 0 Å². The van der Waals surface area contributed by atoms with Crippen molar-refractivity contribution in [1.29, 1.82) is 0 Å². The molecule has 0 saturated carbocycles. The summed E-state index contributed by atoms with van der Waals surface area (Å²) in [5, 5.41) is 7.04. The maximum Gasteiger partial charge on any atom is 0.325 e. The minimum atomic E-state index is -0.610. The van der Waals surface area contributed by atoms with Gasteiger partial charge in [0.15, 0.2) is 11.5 Å². The number of benzene rings is 3. The molecule has 35 heavy (non-hydrogen) atoms. The first kappa shape index (κ1) is 25.0. The van der Waals surface area contributed by atoms with Crippen LogP contribution in [-0.4, -0.2) is 62.2 Å². The number of anilines is 1. The van der Waals surface area contributed by atoms with Crippen LogP contribution in [0.5, 0.6) is 23.0 Å². The average Bonchev–Trinajstić information content (AvgIpc) is 2.85. The number of nitrogens with one attached hydrogen (secondary N) is 2. The van der Waals surface area contributed by atoms with E-state index in [1.165, 1.54) is 0 Å². The highest BCUT2D eigenvalue weighted by molar-refractivity contribution is 7.99. The lowest BCUT2D eigenvalue weighted by Crippen LogP contribution is -2.44. The number of ether oxygens (including phenoxy) is 3. The first-order chi connectivity index (χ1) is 17.0. The van der Waals surface area contributed by atoms with Crippen LogP contribution in [-0.2, 0) is 4.79 Å². The van der Waals surface area contributed by atoms with Gasteiger partial charge in [-0.05, 0) is 41.8 Å². The van der Waals surface area contributed by atoms with Gasteiger partial charge < -0.3 is 19.5 Å². The van der Waals surface area contributed by atoms with Crippen LogP contribution in [0.15, 0.2) is 48.5 Å². The maximum atomic E-state index is 12.2. The quantitative estimate of drug-likeness (QED) is 0.457. The third-order valence-electron chi connectivity index (χ3n) is 5.48. The molecule has 1 fully saturated rings. The van der Waals surface area contributed by atoms with Crippen LogP contribution >= 0.6 is 23.4 Å². The van der Waals surface area contributed by atoms with Crippen LogP contribution in [0.4, 0.5) is 10.5 Å². The van der Waals surface area contributed by atoms with E-state index in [1.807, 2.05) is 47.0 Å². The van der Waals surface area contributed by atoms with Gasteiger partial charge in [-0.1, -0.05) is 23.7 Å². The van der Waals surface area contributed by atoms with Crippen molar-refractivity contribution < 1.29 is 23.8 Å². The van der Waals surface area contributed by atoms with Crippen LogP contribution in [0.1, 0.15) is 0 Å². The van der Waals surface area contributed by atoms with E-state index >= 15 is 0 Å². The number of thioether (sulfide) groups is 1. The molecule has 0 bridgehead atoms. The molecule has 3 aromatic rings. The van der Waals surface area contributed by atoms with Crippen molar-refractivity contribution in [3.05, 3.63) is 53.6 Å². The van der Waals surface area contributed by atoms with Crippen LogP contribution < -0.4 is 24.8 Å². The molecule has 3 aromatic carbocycles. The van der Waals surface area contributed by atoms with Gasteiger partial charge in [0.2, 0.25) is 5.91 Å². The van der Waals surface area contributed by atoms with Crippen LogP contribution in [0.3, 0.4) is 0 Å². The molecule has 0 aromatic heterocycles. The SMILES string of the molecule is COc1cc2cccc(Oc3ccc(NC(=O)NC(=O)CN4CCSCC4)cc3Cl)c2cc1OC. The fourth-order valence-electron chi connectivity index (χ4n) is 3.73. The lowest BCUT2D eigenvalue weighted by Gasteiger charge is -2.25. The minimum Gasteiger partial charge on any atom is -0.493 e. The average molecular weight is 516 g/mol. The van der Waals surface area contributed by atoms with E-state index in [0.717, 1.165) is 35.4 Å². The Kier molecular flexibility index (Phi) is 8.22. The molecule has 1 heterocycles. The second kappa shape index (κ2) is 11.5. The Labute approximate surface area is 212 Å². The number of amides is 3. The van der Waals surface area contributed by atoms with E-state index in [0.29, 0.717) is 33.7 Å². The number of hydrogen-bond donors (Lipinski definition) is 2. The van der Waals surface area contributed by atoms with Crippen molar-refractivity contribution in [2.75, 3.05) is 50.7 Å². The fourth-order valence-corrected chi connectivity index (χ4v) is 4.93. The van der Waals surface area contributed by atoms with E-state index in [9.17, 15) is 9.59 Å². The summed E-state index contributed by atoms with van der Waals surface area (Å²) in [5.41, 5.74) is 0.436. The van der Waals surface area contributed by atoms with Gasteiger partial charge in [-0.3, -0.25) is 15.0 Å². The largest absolute Gasteiger partial charge is 0.493 e. The zero-order chi connectivity index (χ0) is 24.8. The van der Waals surface area contributed by atoms with E-state index in [1.54, 1.807) is 32.4 Å². The summed E-state index contributed by atoms with van der Waals surface area (Å²) in [6, 6.07) is 13.6. The van der Waals surface area contributed by atoms with Gasteiger partial charge >= 0.3 is 6.03 Å². The van der Waals surface area contributed by atoms with Crippen LogP contribution in [0, 0.1) is 0 Å². The first-order valence-corrected chi connectivity index (χ1v) is 12.5. The summed E-state index contributed by atoms with van der Waals surface area (Å²) >= 11 is 8.30. The molecular weight excluding hydrogens is 490 g/mol. The Hall–Kier alpha value is -3.14. The van der Waals surface area contributed by atoms with Gasteiger partial charge in [0.05, 0.1) is 25.8 Å². The maximum absolute atomic E-state index is 12.2.